The third-order valence-electron chi connectivity index (χ3n) is 5.61. The standard InChI is InChI=1S/C27H27N3O2/c1-18(2)20-13-15-22(16-14-20)29-25(31)17-30-24-12-8-7-11-23(24)26(28-19(3)27(30)32)21-9-5-4-6-10-21/h4-16,18-19H,17H2,1-3H3,(H,29,31). The lowest BCUT2D eigenvalue weighted by atomic mass is 10.0. The molecular formula is C27H27N3O2. The molecule has 0 aliphatic carbocycles. The van der Waals surface area contributed by atoms with Crippen molar-refractivity contribution in [1.29, 1.82) is 0 Å². The Morgan fingerprint density at radius 2 is 1.62 bits per heavy atom. The van der Waals surface area contributed by atoms with Crippen molar-refractivity contribution < 1.29 is 9.59 Å². The molecule has 32 heavy (non-hydrogen) atoms. The van der Waals surface area contributed by atoms with E-state index in [1.165, 1.54) is 10.5 Å². The van der Waals surface area contributed by atoms with E-state index in [0.29, 0.717) is 17.3 Å². The Bertz CT molecular complexity index is 1150. The predicted molar refractivity (Wildman–Crippen MR) is 129 cm³/mol. The van der Waals surface area contributed by atoms with Gasteiger partial charge in [0.05, 0.1) is 11.4 Å². The fourth-order valence-corrected chi connectivity index (χ4v) is 3.86. The Balaban J connectivity index is 1.62. The Hall–Kier alpha value is -3.73. The Labute approximate surface area is 188 Å². The lowest BCUT2D eigenvalue weighted by Crippen LogP contribution is -2.42. The van der Waals surface area contributed by atoms with Gasteiger partial charge in [-0.1, -0.05) is 74.5 Å². The summed E-state index contributed by atoms with van der Waals surface area (Å²) in [6, 6.07) is 24.6. The fraction of sp³-hybridized carbons (Fsp3) is 0.222. The van der Waals surface area contributed by atoms with Crippen LogP contribution < -0.4 is 10.2 Å². The third-order valence-corrected chi connectivity index (χ3v) is 5.61. The first kappa shape index (κ1) is 21.5. The number of rotatable bonds is 5. The number of hydrogen-bond donors (Lipinski definition) is 1. The molecule has 1 aliphatic rings. The second-order valence-corrected chi connectivity index (χ2v) is 8.29. The van der Waals surface area contributed by atoms with Crippen LogP contribution in [0, 0.1) is 0 Å². The molecule has 3 aromatic carbocycles. The molecule has 0 saturated heterocycles. The molecule has 2 amide bonds. The summed E-state index contributed by atoms with van der Waals surface area (Å²) < 4.78 is 0. The van der Waals surface area contributed by atoms with Crippen molar-refractivity contribution in [3.05, 3.63) is 95.6 Å². The van der Waals surface area contributed by atoms with Crippen molar-refractivity contribution in [3.8, 4) is 0 Å². The van der Waals surface area contributed by atoms with Crippen molar-refractivity contribution in [2.24, 2.45) is 4.99 Å². The summed E-state index contributed by atoms with van der Waals surface area (Å²) in [5.41, 5.74) is 5.15. The van der Waals surface area contributed by atoms with Crippen LogP contribution >= 0.6 is 0 Å². The molecule has 162 valence electrons. The molecule has 1 N–H and O–H groups in total. The van der Waals surface area contributed by atoms with E-state index in [2.05, 4.69) is 19.2 Å². The molecule has 1 atom stereocenters. The van der Waals surface area contributed by atoms with Crippen LogP contribution in [-0.2, 0) is 9.59 Å². The minimum atomic E-state index is -0.601. The summed E-state index contributed by atoms with van der Waals surface area (Å²) in [5.74, 6) is -0.0271. The van der Waals surface area contributed by atoms with E-state index in [4.69, 9.17) is 4.99 Å². The first-order chi connectivity index (χ1) is 15.4. The number of benzene rings is 3. The van der Waals surface area contributed by atoms with E-state index in [1.807, 2.05) is 78.9 Å². The van der Waals surface area contributed by atoms with Crippen molar-refractivity contribution >= 4 is 28.9 Å². The molecular weight excluding hydrogens is 398 g/mol. The second kappa shape index (κ2) is 9.18. The van der Waals surface area contributed by atoms with Crippen LogP contribution in [0.3, 0.4) is 0 Å². The molecule has 0 radical (unpaired) electrons. The van der Waals surface area contributed by atoms with Crippen LogP contribution in [0.2, 0.25) is 0 Å². The van der Waals surface area contributed by atoms with Crippen LogP contribution in [0.15, 0.2) is 83.9 Å². The molecule has 5 heteroatoms. The molecule has 5 nitrogen and oxygen atoms in total. The summed E-state index contributed by atoms with van der Waals surface area (Å²) in [7, 11) is 0. The van der Waals surface area contributed by atoms with Gasteiger partial charge in [0.25, 0.3) is 5.91 Å². The van der Waals surface area contributed by atoms with E-state index >= 15 is 0 Å². The number of aliphatic imine (C=N–C) groups is 1. The summed E-state index contributed by atoms with van der Waals surface area (Å²) >= 11 is 0. The number of nitrogens with one attached hydrogen (secondary N) is 1. The van der Waals surface area contributed by atoms with E-state index in [-0.39, 0.29) is 18.4 Å². The highest BCUT2D eigenvalue weighted by atomic mass is 16.2. The SMILES string of the molecule is CC1N=C(c2ccccc2)c2ccccc2N(CC(=O)Nc2ccc(C(C)C)cc2)C1=O. The smallest absolute Gasteiger partial charge is 0.252 e. The number of nitrogens with zero attached hydrogens (tertiary/aromatic N) is 2. The molecule has 0 bridgehead atoms. The van der Waals surface area contributed by atoms with Crippen LogP contribution in [0.4, 0.5) is 11.4 Å². The number of hydrogen-bond acceptors (Lipinski definition) is 3. The molecule has 1 unspecified atom stereocenters. The van der Waals surface area contributed by atoms with E-state index in [1.54, 1.807) is 6.92 Å². The maximum Gasteiger partial charge on any atom is 0.252 e. The second-order valence-electron chi connectivity index (χ2n) is 8.29. The van der Waals surface area contributed by atoms with Gasteiger partial charge in [0.2, 0.25) is 5.91 Å². The highest BCUT2D eigenvalue weighted by Crippen LogP contribution is 2.28. The lowest BCUT2D eigenvalue weighted by Gasteiger charge is -2.24. The van der Waals surface area contributed by atoms with Gasteiger partial charge < -0.3 is 10.2 Å². The average Bonchev–Trinajstić information content (AvgIpc) is 2.90. The zero-order valence-corrected chi connectivity index (χ0v) is 18.6. The number of amides is 2. The molecule has 1 aliphatic heterocycles. The number of fused-ring (bicyclic) bond motifs is 1. The van der Waals surface area contributed by atoms with Gasteiger partial charge in [-0.3, -0.25) is 14.6 Å². The number of carbonyl (C=O) groups excluding carboxylic acids is 2. The predicted octanol–water partition coefficient (Wildman–Crippen LogP) is 5.02. The summed E-state index contributed by atoms with van der Waals surface area (Å²) in [6.07, 6.45) is 0. The summed E-state index contributed by atoms with van der Waals surface area (Å²) in [6.45, 7) is 5.95. The summed E-state index contributed by atoms with van der Waals surface area (Å²) in [4.78, 5) is 32.4. The zero-order valence-electron chi connectivity index (χ0n) is 18.6. The topological polar surface area (TPSA) is 61.8 Å². The van der Waals surface area contributed by atoms with Gasteiger partial charge >= 0.3 is 0 Å². The van der Waals surface area contributed by atoms with Gasteiger partial charge in [-0.15, -0.1) is 0 Å². The minimum Gasteiger partial charge on any atom is -0.325 e. The summed E-state index contributed by atoms with van der Waals surface area (Å²) in [5, 5.41) is 2.91. The maximum absolute atomic E-state index is 13.2. The number of benzodiazepines with no additional fused rings is 1. The van der Waals surface area contributed by atoms with E-state index in [0.717, 1.165) is 16.8 Å². The Morgan fingerprint density at radius 1 is 0.969 bits per heavy atom. The lowest BCUT2D eigenvalue weighted by molar-refractivity contribution is -0.122. The molecule has 3 aromatic rings. The third kappa shape index (κ3) is 4.47. The quantitative estimate of drug-likeness (QED) is 0.624. The monoisotopic (exact) mass is 425 g/mol. The van der Waals surface area contributed by atoms with Crippen LogP contribution in [0.25, 0.3) is 0 Å². The average molecular weight is 426 g/mol. The first-order valence-electron chi connectivity index (χ1n) is 10.9. The maximum atomic E-state index is 13.2. The van der Waals surface area contributed by atoms with Gasteiger partial charge in [0.15, 0.2) is 0 Å². The van der Waals surface area contributed by atoms with Gasteiger partial charge in [-0.25, -0.2) is 0 Å². The largest absolute Gasteiger partial charge is 0.325 e. The Kier molecular flexibility index (Phi) is 6.17. The van der Waals surface area contributed by atoms with Gasteiger partial charge in [0.1, 0.15) is 12.6 Å². The molecule has 0 saturated carbocycles. The number of carbonyl (C=O) groups is 2. The first-order valence-corrected chi connectivity index (χ1v) is 10.9. The van der Waals surface area contributed by atoms with Gasteiger partial charge in [-0.2, -0.15) is 0 Å². The van der Waals surface area contributed by atoms with E-state index in [9.17, 15) is 9.59 Å². The highest BCUT2D eigenvalue weighted by Gasteiger charge is 2.30. The van der Waals surface area contributed by atoms with Crippen molar-refractivity contribution in [1.82, 2.24) is 0 Å². The molecule has 0 aromatic heterocycles. The normalized spacial score (nSPS) is 15.8. The highest BCUT2D eigenvalue weighted by molar-refractivity contribution is 6.20. The molecule has 1 heterocycles. The van der Waals surface area contributed by atoms with Crippen LogP contribution in [0.1, 0.15) is 43.4 Å². The van der Waals surface area contributed by atoms with Crippen molar-refractivity contribution in [2.45, 2.75) is 32.7 Å². The fourth-order valence-electron chi connectivity index (χ4n) is 3.86. The van der Waals surface area contributed by atoms with Crippen LogP contribution in [0.5, 0.6) is 0 Å². The molecule has 0 fully saturated rings. The molecule has 0 spiro atoms. The number of para-hydroxylation sites is 1. The van der Waals surface area contributed by atoms with Gasteiger partial charge in [-0.05, 0) is 36.6 Å². The zero-order chi connectivity index (χ0) is 22.7. The van der Waals surface area contributed by atoms with E-state index < -0.39 is 6.04 Å². The molecule has 4 rings (SSSR count). The minimum absolute atomic E-state index is 0.0797. The number of anilines is 2. The van der Waals surface area contributed by atoms with Crippen molar-refractivity contribution in [3.63, 3.8) is 0 Å². The Morgan fingerprint density at radius 3 is 2.31 bits per heavy atom. The van der Waals surface area contributed by atoms with Gasteiger partial charge in [0, 0.05) is 16.8 Å². The van der Waals surface area contributed by atoms with Crippen molar-refractivity contribution in [2.75, 3.05) is 16.8 Å². The van der Waals surface area contributed by atoms with Crippen LogP contribution in [-0.4, -0.2) is 30.1 Å².